The van der Waals surface area contributed by atoms with Gasteiger partial charge in [0.05, 0.1) is 6.33 Å². The van der Waals surface area contributed by atoms with Crippen LogP contribution in [0.15, 0.2) is 40.2 Å². The number of benzene rings is 1. The van der Waals surface area contributed by atoms with Gasteiger partial charge >= 0.3 is 5.69 Å². The second kappa shape index (κ2) is 6.58. The third-order valence-corrected chi connectivity index (χ3v) is 4.25. The number of rotatable bonds is 4. The Balaban J connectivity index is 1.89. The average molecular weight is 359 g/mol. The van der Waals surface area contributed by atoms with Gasteiger partial charge in [-0.1, -0.05) is 12.1 Å². The largest absolute Gasteiger partial charge is 0.340 e. The highest BCUT2D eigenvalue weighted by Crippen LogP contribution is 2.07. The molecule has 136 valence electrons. The van der Waals surface area contributed by atoms with Gasteiger partial charge in [-0.25, -0.2) is 18.7 Å². The summed E-state index contributed by atoms with van der Waals surface area (Å²) in [6.45, 7) is -0.146. The molecular weight excluding hydrogens is 341 g/mol. The van der Waals surface area contributed by atoms with Crippen LogP contribution in [-0.4, -0.2) is 36.5 Å². The minimum absolute atomic E-state index is 0.238. The van der Waals surface area contributed by atoms with Crippen LogP contribution in [0.4, 0.5) is 4.39 Å². The Kier molecular flexibility index (Phi) is 4.45. The predicted molar refractivity (Wildman–Crippen MR) is 93.1 cm³/mol. The molecule has 8 nitrogen and oxygen atoms in total. The van der Waals surface area contributed by atoms with Crippen LogP contribution in [0.25, 0.3) is 11.2 Å². The lowest BCUT2D eigenvalue weighted by atomic mass is 10.2. The highest BCUT2D eigenvalue weighted by Gasteiger charge is 2.18. The molecule has 0 radical (unpaired) electrons. The zero-order chi connectivity index (χ0) is 19.0. The van der Waals surface area contributed by atoms with Crippen LogP contribution in [0.3, 0.4) is 0 Å². The first-order valence-electron chi connectivity index (χ1n) is 7.89. The van der Waals surface area contributed by atoms with E-state index in [2.05, 4.69) is 4.98 Å². The van der Waals surface area contributed by atoms with Crippen molar-refractivity contribution in [2.75, 3.05) is 7.05 Å². The number of hydrogen-bond donors (Lipinski definition) is 0. The van der Waals surface area contributed by atoms with E-state index in [1.807, 2.05) is 0 Å². The Morgan fingerprint density at radius 2 is 1.85 bits per heavy atom. The van der Waals surface area contributed by atoms with Crippen molar-refractivity contribution in [2.45, 2.75) is 13.1 Å². The van der Waals surface area contributed by atoms with E-state index < -0.39 is 17.2 Å². The normalized spacial score (nSPS) is 11.1. The van der Waals surface area contributed by atoms with Crippen molar-refractivity contribution in [3.63, 3.8) is 0 Å². The number of nitrogens with zero attached hydrogens (tertiary/aromatic N) is 5. The maximum Gasteiger partial charge on any atom is 0.332 e. The molecule has 0 aliphatic heterocycles. The molecule has 0 bridgehead atoms. The Bertz CT molecular complexity index is 1090. The molecule has 0 aliphatic rings. The molecule has 2 aromatic heterocycles. The Hall–Kier alpha value is -3.23. The number of aryl methyl sites for hydroxylation is 2. The van der Waals surface area contributed by atoms with Gasteiger partial charge in [-0.2, -0.15) is 0 Å². The summed E-state index contributed by atoms with van der Waals surface area (Å²) in [5.41, 5.74) is 0.0907. The maximum atomic E-state index is 13.0. The lowest BCUT2D eigenvalue weighted by molar-refractivity contribution is -0.131. The highest BCUT2D eigenvalue weighted by molar-refractivity contribution is 5.76. The summed E-state index contributed by atoms with van der Waals surface area (Å²) in [4.78, 5) is 43.0. The van der Waals surface area contributed by atoms with Gasteiger partial charge in [0.25, 0.3) is 5.56 Å². The zero-order valence-corrected chi connectivity index (χ0v) is 14.6. The number of amides is 1. The van der Waals surface area contributed by atoms with Crippen molar-refractivity contribution < 1.29 is 9.18 Å². The van der Waals surface area contributed by atoms with Crippen LogP contribution in [-0.2, 0) is 32.0 Å². The molecule has 0 N–H and O–H groups in total. The molecule has 3 rings (SSSR count). The minimum atomic E-state index is -0.607. The van der Waals surface area contributed by atoms with Gasteiger partial charge in [0.15, 0.2) is 11.2 Å². The molecule has 1 aromatic carbocycles. The summed E-state index contributed by atoms with van der Waals surface area (Å²) in [5.74, 6) is -0.766. The van der Waals surface area contributed by atoms with Gasteiger partial charge in [-0.05, 0) is 17.7 Å². The molecule has 0 saturated heterocycles. The first kappa shape index (κ1) is 17.6. The van der Waals surface area contributed by atoms with Crippen LogP contribution < -0.4 is 11.2 Å². The van der Waals surface area contributed by atoms with E-state index in [1.54, 1.807) is 26.2 Å². The van der Waals surface area contributed by atoms with Crippen LogP contribution in [0.5, 0.6) is 0 Å². The smallest absolute Gasteiger partial charge is 0.332 e. The Morgan fingerprint density at radius 1 is 1.19 bits per heavy atom. The fourth-order valence-corrected chi connectivity index (χ4v) is 2.74. The van der Waals surface area contributed by atoms with Gasteiger partial charge in [0.1, 0.15) is 12.4 Å². The Labute approximate surface area is 147 Å². The van der Waals surface area contributed by atoms with Crippen LogP contribution in [0.1, 0.15) is 5.56 Å². The van der Waals surface area contributed by atoms with Crippen LogP contribution in [0, 0.1) is 5.82 Å². The number of imidazole rings is 1. The average Bonchev–Trinajstić information content (AvgIpc) is 3.00. The van der Waals surface area contributed by atoms with E-state index in [-0.39, 0.29) is 30.1 Å². The molecule has 26 heavy (non-hydrogen) atoms. The quantitative estimate of drug-likeness (QED) is 0.668. The summed E-state index contributed by atoms with van der Waals surface area (Å²) in [6, 6.07) is 5.77. The number of fused-ring (bicyclic) bond motifs is 1. The molecule has 0 unspecified atom stereocenters. The maximum absolute atomic E-state index is 13.0. The van der Waals surface area contributed by atoms with Crippen molar-refractivity contribution in [1.82, 2.24) is 23.6 Å². The second-order valence-corrected chi connectivity index (χ2v) is 6.14. The number of aromatic nitrogens is 4. The predicted octanol–water partition coefficient (Wildman–Crippen LogP) is 0.231. The van der Waals surface area contributed by atoms with E-state index >= 15 is 0 Å². The summed E-state index contributed by atoms with van der Waals surface area (Å²) in [6.07, 6.45) is 1.44. The van der Waals surface area contributed by atoms with E-state index in [0.717, 1.165) is 10.1 Å². The third kappa shape index (κ3) is 3.03. The zero-order valence-electron chi connectivity index (χ0n) is 14.6. The van der Waals surface area contributed by atoms with Gasteiger partial charge in [-0.15, -0.1) is 0 Å². The molecule has 9 heteroatoms. The summed E-state index contributed by atoms with van der Waals surface area (Å²) >= 11 is 0. The molecule has 0 spiro atoms. The topological polar surface area (TPSA) is 82.1 Å². The van der Waals surface area contributed by atoms with Gasteiger partial charge in [0.2, 0.25) is 5.91 Å². The number of carbonyl (C=O) groups excluding carboxylic acids is 1. The molecule has 0 aliphatic carbocycles. The summed E-state index contributed by atoms with van der Waals surface area (Å²) in [5, 5.41) is 0. The van der Waals surface area contributed by atoms with Crippen molar-refractivity contribution in [2.24, 2.45) is 14.1 Å². The highest BCUT2D eigenvalue weighted by atomic mass is 19.1. The van der Waals surface area contributed by atoms with Crippen LogP contribution in [0.2, 0.25) is 0 Å². The minimum Gasteiger partial charge on any atom is -0.340 e. The van der Waals surface area contributed by atoms with Crippen molar-refractivity contribution in [3.05, 3.63) is 62.8 Å². The Morgan fingerprint density at radius 3 is 2.50 bits per heavy atom. The molecule has 2 heterocycles. The van der Waals surface area contributed by atoms with Gasteiger partial charge < -0.3 is 9.47 Å². The molecule has 1 amide bonds. The van der Waals surface area contributed by atoms with E-state index in [4.69, 9.17) is 0 Å². The van der Waals surface area contributed by atoms with E-state index in [0.29, 0.717) is 0 Å². The lowest BCUT2D eigenvalue weighted by Crippen LogP contribution is -2.43. The van der Waals surface area contributed by atoms with Crippen molar-refractivity contribution in [1.29, 1.82) is 0 Å². The molecular formula is C17H18FN5O3. The van der Waals surface area contributed by atoms with E-state index in [9.17, 15) is 18.8 Å². The number of carbonyl (C=O) groups is 1. The third-order valence-electron chi connectivity index (χ3n) is 4.25. The van der Waals surface area contributed by atoms with Crippen molar-refractivity contribution in [3.8, 4) is 0 Å². The first-order valence-corrected chi connectivity index (χ1v) is 7.89. The number of likely N-dealkylation sites (N-methyl/N-ethyl adjacent to an activating group) is 1. The fraction of sp³-hybridized carbons (Fsp3) is 0.294. The molecule has 0 atom stereocenters. The van der Waals surface area contributed by atoms with Crippen LogP contribution >= 0.6 is 0 Å². The fourth-order valence-electron chi connectivity index (χ4n) is 2.74. The SMILES string of the molecule is CN(Cc1ccc(F)cc1)C(=O)Cn1c(=O)c2c(ncn2C)n(C)c1=O. The van der Waals surface area contributed by atoms with Gasteiger partial charge in [-0.3, -0.25) is 14.2 Å². The standard InChI is InChI=1S/C17H18FN5O3/c1-20(8-11-4-6-12(18)7-5-11)13(24)9-23-16(25)14-15(19-10-21(14)2)22(3)17(23)26/h4-7,10H,8-9H2,1-3H3. The van der Waals surface area contributed by atoms with E-state index in [1.165, 1.54) is 39.5 Å². The van der Waals surface area contributed by atoms with Crippen molar-refractivity contribution >= 4 is 17.1 Å². The second-order valence-electron chi connectivity index (χ2n) is 6.14. The molecule has 0 fully saturated rings. The number of halogens is 1. The van der Waals surface area contributed by atoms with Gasteiger partial charge in [0, 0.05) is 27.7 Å². The first-order chi connectivity index (χ1) is 12.3. The molecule has 0 saturated carbocycles. The summed E-state index contributed by atoms with van der Waals surface area (Å²) < 4.78 is 16.6. The number of hydrogen-bond acceptors (Lipinski definition) is 4. The monoisotopic (exact) mass is 359 g/mol. The summed E-state index contributed by atoms with van der Waals surface area (Å²) in [7, 11) is 4.71. The molecule has 3 aromatic rings. The lowest BCUT2D eigenvalue weighted by Gasteiger charge is -2.18.